The molecule has 0 saturated carbocycles. The molecule has 0 bridgehead atoms. The minimum Gasteiger partial charge on any atom is -0.377 e. The van der Waals surface area contributed by atoms with Crippen LogP contribution in [0, 0.1) is 5.92 Å². The van der Waals surface area contributed by atoms with Crippen molar-refractivity contribution in [2.75, 3.05) is 44.5 Å². The number of rotatable bonds is 7. The molecule has 0 N–H and O–H groups in total. The number of anilines is 1. The lowest BCUT2D eigenvalue weighted by atomic mass is 10.1. The van der Waals surface area contributed by atoms with Gasteiger partial charge in [-0.1, -0.05) is 13.8 Å². The Morgan fingerprint density at radius 3 is 2.83 bits per heavy atom. The summed E-state index contributed by atoms with van der Waals surface area (Å²) in [5.74, 6) is 1.03. The van der Waals surface area contributed by atoms with Crippen molar-refractivity contribution < 1.29 is 18.6 Å². The maximum atomic E-state index is 14.0. The van der Waals surface area contributed by atoms with Gasteiger partial charge in [-0.25, -0.2) is 9.67 Å². The van der Waals surface area contributed by atoms with Gasteiger partial charge in [0, 0.05) is 42.9 Å². The molecule has 0 radical (unpaired) electrons. The molecule has 0 aromatic carbocycles. The molecule has 0 aliphatic carbocycles. The summed E-state index contributed by atoms with van der Waals surface area (Å²) in [4.78, 5) is 12.1. The van der Waals surface area contributed by atoms with Gasteiger partial charge in [-0.2, -0.15) is 5.10 Å². The normalized spacial score (nSPS) is 22.8. The molecule has 9 nitrogen and oxygen atoms in total. The number of morpholine rings is 1. The average molecular weight is 514 g/mol. The first-order valence-electron chi connectivity index (χ1n) is 12.9. The standard InChI is InChI=1S/C26H36N5O4P/c1-18(2)16-35-36(4,32)22-15-23(30-12-14-33-17-19(30)3)29-25-20(22)8-10-27-26(25)21-9-11-28-31(21)24-7-5-6-13-34-24/h8-11,15,18-19,24H,5-7,12-14,16-17H2,1-4H3. The van der Waals surface area contributed by atoms with E-state index in [4.69, 9.17) is 24.0 Å². The summed E-state index contributed by atoms with van der Waals surface area (Å²) in [6.45, 7) is 11.0. The zero-order chi connectivity index (χ0) is 25.3. The number of fused-ring (bicyclic) bond motifs is 1. The van der Waals surface area contributed by atoms with Crippen LogP contribution in [0.15, 0.2) is 30.6 Å². The molecule has 36 heavy (non-hydrogen) atoms. The highest BCUT2D eigenvalue weighted by Crippen LogP contribution is 2.45. The summed E-state index contributed by atoms with van der Waals surface area (Å²) in [6.07, 6.45) is 6.46. The summed E-state index contributed by atoms with van der Waals surface area (Å²) in [5, 5.41) is 6.05. The van der Waals surface area contributed by atoms with Crippen LogP contribution in [-0.2, 0) is 18.6 Å². The lowest BCUT2D eigenvalue weighted by Crippen LogP contribution is -2.44. The second-order valence-electron chi connectivity index (χ2n) is 10.2. The van der Waals surface area contributed by atoms with Crippen molar-refractivity contribution in [1.29, 1.82) is 0 Å². The lowest BCUT2D eigenvalue weighted by Gasteiger charge is -2.35. The third-order valence-corrected chi connectivity index (χ3v) is 8.67. The van der Waals surface area contributed by atoms with Crippen molar-refractivity contribution in [2.45, 2.75) is 52.3 Å². The van der Waals surface area contributed by atoms with E-state index < -0.39 is 7.37 Å². The van der Waals surface area contributed by atoms with Crippen molar-refractivity contribution in [3.8, 4) is 11.4 Å². The van der Waals surface area contributed by atoms with E-state index in [0.29, 0.717) is 42.9 Å². The molecule has 2 fully saturated rings. The first kappa shape index (κ1) is 25.3. The summed E-state index contributed by atoms with van der Waals surface area (Å²) >= 11 is 0. The maximum Gasteiger partial charge on any atom is 0.229 e. The fourth-order valence-corrected chi connectivity index (χ4v) is 6.56. The van der Waals surface area contributed by atoms with Gasteiger partial charge in [-0.3, -0.25) is 9.55 Å². The Labute approximate surface area is 212 Å². The van der Waals surface area contributed by atoms with Crippen molar-refractivity contribution in [1.82, 2.24) is 19.7 Å². The van der Waals surface area contributed by atoms with E-state index in [1.807, 2.05) is 22.9 Å². The first-order valence-corrected chi connectivity index (χ1v) is 14.9. The van der Waals surface area contributed by atoms with E-state index in [1.165, 1.54) is 0 Å². The molecule has 5 rings (SSSR count). The van der Waals surface area contributed by atoms with Gasteiger partial charge < -0.3 is 18.9 Å². The maximum absolute atomic E-state index is 14.0. The molecule has 10 heteroatoms. The predicted octanol–water partition coefficient (Wildman–Crippen LogP) is 4.62. The number of nitrogens with zero attached hydrogens (tertiary/aromatic N) is 5. The molecule has 3 aromatic rings. The number of hydrogen-bond donors (Lipinski definition) is 0. The van der Waals surface area contributed by atoms with Gasteiger partial charge in [0.15, 0.2) is 6.23 Å². The Morgan fingerprint density at radius 2 is 2.08 bits per heavy atom. The summed E-state index contributed by atoms with van der Waals surface area (Å²) in [7, 11) is -3.15. The largest absolute Gasteiger partial charge is 0.377 e. The number of hydrogen-bond acceptors (Lipinski definition) is 8. The zero-order valence-electron chi connectivity index (χ0n) is 21.6. The van der Waals surface area contributed by atoms with Crippen LogP contribution in [0.4, 0.5) is 5.82 Å². The van der Waals surface area contributed by atoms with Gasteiger partial charge in [-0.15, -0.1) is 0 Å². The van der Waals surface area contributed by atoms with Gasteiger partial charge in [0.1, 0.15) is 17.0 Å². The molecule has 3 aromatic heterocycles. The fraction of sp³-hybridized carbons (Fsp3) is 0.577. The highest BCUT2D eigenvalue weighted by molar-refractivity contribution is 7.66. The Kier molecular flexibility index (Phi) is 7.45. The molecular weight excluding hydrogens is 477 g/mol. The van der Waals surface area contributed by atoms with Gasteiger partial charge in [-0.05, 0) is 50.3 Å². The molecule has 3 unspecified atom stereocenters. The van der Waals surface area contributed by atoms with Crippen molar-refractivity contribution in [3.63, 3.8) is 0 Å². The summed E-state index contributed by atoms with van der Waals surface area (Å²) in [5.41, 5.74) is 2.23. The third kappa shape index (κ3) is 5.07. The van der Waals surface area contributed by atoms with Gasteiger partial charge in [0.05, 0.1) is 31.6 Å². The van der Waals surface area contributed by atoms with Gasteiger partial charge in [0.2, 0.25) is 7.37 Å². The minimum atomic E-state index is -3.15. The van der Waals surface area contributed by atoms with Crippen LogP contribution < -0.4 is 10.2 Å². The molecule has 0 amide bonds. The molecule has 3 atom stereocenters. The van der Waals surface area contributed by atoms with Crippen LogP contribution in [-0.4, -0.2) is 65.4 Å². The van der Waals surface area contributed by atoms with Crippen molar-refractivity contribution in [2.24, 2.45) is 5.92 Å². The van der Waals surface area contributed by atoms with E-state index in [2.05, 4.69) is 30.8 Å². The molecule has 2 aliphatic heterocycles. The molecule has 194 valence electrons. The second kappa shape index (κ2) is 10.6. The van der Waals surface area contributed by atoms with Crippen molar-refractivity contribution in [3.05, 3.63) is 30.6 Å². The van der Waals surface area contributed by atoms with Crippen LogP contribution in [0.1, 0.15) is 46.3 Å². The average Bonchev–Trinajstić information content (AvgIpc) is 3.37. The molecular formula is C26H36N5O4P. The van der Waals surface area contributed by atoms with E-state index in [1.54, 1.807) is 19.1 Å². The lowest BCUT2D eigenvalue weighted by molar-refractivity contribution is -0.0383. The topological polar surface area (TPSA) is 91.6 Å². The van der Waals surface area contributed by atoms with E-state index in [-0.39, 0.29) is 18.2 Å². The fourth-order valence-electron chi connectivity index (χ4n) is 4.87. The Morgan fingerprint density at radius 1 is 1.22 bits per heavy atom. The van der Waals surface area contributed by atoms with E-state index in [9.17, 15) is 4.57 Å². The molecule has 2 saturated heterocycles. The predicted molar refractivity (Wildman–Crippen MR) is 141 cm³/mol. The molecule has 2 aliphatic rings. The highest BCUT2D eigenvalue weighted by atomic mass is 31.2. The van der Waals surface area contributed by atoms with Crippen LogP contribution in [0.5, 0.6) is 0 Å². The van der Waals surface area contributed by atoms with Crippen LogP contribution in [0.2, 0.25) is 0 Å². The first-order chi connectivity index (χ1) is 17.3. The van der Waals surface area contributed by atoms with Crippen LogP contribution in [0.25, 0.3) is 22.3 Å². The minimum absolute atomic E-state index is 0.130. The van der Waals surface area contributed by atoms with Gasteiger partial charge >= 0.3 is 0 Å². The second-order valence-corrected chi connectivity index (χ2v) is 12.6. The monoisotopic (exact) mass is 513 g/mol. The Bertz CT molecular complexity index is 1260. The Balaban J connectivity index is 1.68. The number of ether oxygens (including phenoxy) is 2. The zero-order valence-corrected chi connectivity index (χ0v) is 22.5. The summed E-state index contributed by atoms with van der Waals surface area (Å²) < 4.78 is 33.6. The van der Waals surface area contributed by atoms with Crippen LogP contribution in [0.3, 0.4) is 0 Å². The third-order valence-electron chi connectivity index (χ3n) is 6.79. The highest BCUT2D eigenvalue weighted by Gasteiger charge is 2.29. The van der Waals surface area contributed by atoms with E-state index in [0.717, 1.165) is 42.8 Å². The number of pyridine rings is 2. The Hall–Kier alpha value is -2.32. The molecule has 5 heterocycles. The quantitative estimate of drug-likeness (QED) is 0.423. The number of aromatic nitrogens is 4. The smallest absolute Gasteiger partial charge is 0.229 e. The van der Waals surface area contributed by atoms with E-state index >= 15 is 0 Å². The molecule has 0 spiro atoms. The summed E-state index contributed by atoms with van der Waals surface area (Å²) in [6, 6.07) is 5.92. The van der Waals surface area contributed by atoms with Gasteiger partial charge in [0.25, 0.3) is 0 Å². The SMILES string of the molecule is CC(C)COP(C)(=O)c1cc(N2CCOCC2C)nc2c(-c3ccnn3C3CCCCO3)nccc12. The van der Waals surface area contributed by atoms with Crippen LogP contribution >= 0.6 is 7.37 Å². The van der Waals surface area contributed by atoms with Crippen molar-refractivity contribution >= 4 is 29.4 Å².